The van der Waals surface area contributed by atoms with E-state index in [4.69, 9.17) is 5.73 Å². The van der Waals surface area contributed by atoms with Crippen LogP contribution in [0.5, 0.6) is 0 Å². The molecule has 6 nitrogen and oxygen atoms in total. The van der Waals surface area contributed by atoms with Crippen LogP contribution >= 0.6 is 11.3 Å². The van der Waals surface area contributed by atoms with Gasteiger partial charge >= 0.3 is 0 Å². The second kappa shape index (κ2) is 6.65. The molecule has 0 aliphatic carbocycles. The number of carbonyl (C=O) groups excluding carboxylic acids is 1. The van der Waals surface area contributed by atoms with Crippen LogP contribution in [0.25, 0.3) is 0 Å². The van der Waals surface area contributed by atoms with E-state index in [0.29, 0.717) is 11.3 Å². The van der Waals surface area contributed by atoms with Crippen molar-refractivity contribution < 1.29 is 9.72 Å². The first-order chi connectivity index (χ1) is 10.1. The van der Waals surface area contributed by atoms with Crippen molar-refractivity contribution in [1.82, 2.24) is 0 Å². The molecule has 0 fully saturated rings. The molecule has 0 bridgehead atoms. The van der Waals surface area contributed by atoms with Crippen molar-refractivity contribution in [3.05, 3.63) is 56.3 Å². The zero-order valence-electron chi connectivity index (χ0n) is 10.8. The molecule has 3 N–H and O–H groups in total. The Balaban J connectivity index is 2.07. The fraction of sp³-hybridized carbons (Fsp3) is 0.0714. The van der Waals surface area contributed by atoms with E-state index < -0.39 is 4.92 Å². The van der Waals surface area contributed by atoms with E-state index in [1.54, 1.807) is 11.4 Å². The lowest BCUT2D eigenvalue weighted by atomic mass is 10.2. The van der Waals surface area contributed by atoms with Gasteiger partial charge in [-0.15, -0.1) is 11.3 Å². The molecule has 0 aliphatic heterocycles. The number of nitrogens with two attached hydrogens (primary N) is 1. The molecule has 1 amide bonds. The number of nitro groups is 1. The number of nitrogens with zero attached hydrogens (tertiary/aromatic N) is 1. The maximum Gasteiger partial charge on any atom is 0.269 e. The van der Waals surface area contributed by atoms with Gasteiger partial charge < -0.3 is 11.1 Å². The zero-order chi connectivity index (χ0) is 15.2. The molecule has 21 heavy (non-hydrogen) atoms. The lowest BCUT2D eigenvalue weighted by Crippen LogP contribution is -2.10. The summed E-state index contributed by atoms with van der Waals surface area (Å²) >= 11 is 1.36. The molecule has 7 heteroatoms. The Kier molecular flexibility index (Phi) is 4.66. The molecule has 106 valence electrons. The van der Waals surface area contributed by atoms with Crippen LogP contribution < -0.4 is 11.1 Å². The van der Waals surface area contributed by atoms with Crippen LogP contribution in [-0.2, 0) is 0 Å². The average molecular weight is 301 g/mol. The van der Waals surface area contributed by atoms with E-state index in [1.165, 1.54) is 35.6 Å². The second-order valence-corrected chi connectivity index (χ2v) is 4.87. The Morgan fingerprint density at radius 2 is 2.10 bits per heavy atom. The number of thiophene rings is 1. The minimum absolute atomic E-state index is 0.0251. The van der Waals surface area contributed by atoms with Crippen molar-refractivity contribution in [2.24, 2.45) is 5.73 Å². The van der Waals surface area contributed by atoms with Crippen LogP contribution in [0.2, 0.25) is 0 Å². The minimum Gasteiger partial charge on any atom is -0.322 e. The number of non-ortho nitro benzene ring substituents is 1. The van der Waals surface area contributed by atoms with Crippen LogP contribution in [0.4, 0.5) is 11.4 Å². The number of rotatable bonds is 3. The lowest BCUT2D eigenvalue weighted by Gasteiger charge is -2.02. The van der Waals surface area contributed by atoms with Gasteiger partial charge in [-0.1, -0.05) is 11.8 Å². The number of benzene rings is 1. The Morgan fingerprint density at radius 3 is 2.71 bits per heavy atom. The summed E-state index contributed by atoms with van der Waals surface area (Å²) in [7, 11) is 0. The standard InChI is InChI=1S/C14H11N3O3S/c15-7-1-2-13-8-10(9-21-13)14(18)16-11-3-5-12(6-4-11)17(19)20/h3-6,8-9H,7,15H2,(H,16,18). The third-order valence-corrected chi connectivity index (χ3v) is 3.36. The van der Waals surface area contributed by atoms with E-state index in [-0.39, 0.29) is 18.1 Å². The van der Waals surface area contributed by atoms with Gasteiger partial charge in [0.05, 0.1) is 21.9 Å². The van der Waals surface area contributed by atoms with Crippen LogP contribution in [0.3, 0.4) is 0 Å². The highest BCUT2D eigenvalue weighted by Gasteiger charge is 2.10. The normalized spacial score (nSPS) is 9.57. The molecule has 1 aromatic heterocycles. The van der Waals surface area contributed by atoms with Gasteiger partial charge in [0.15, 0.2) is 0 Å². The van der Waals surface area contributed by atoms with E-state index >= 15 is 0 Å². The zero-order valence-corrected chi connectivity index (χ0v) is 11.6. The highest BCUT2D eigenvalue weighted by atomic mass is 32.1. The van der Waals surface area contributed by atoms with Crippen molar-refractivity contribution in [2.45, 2.75) is 0 Å². The van der Waals surface area contributed by atoms with Crippen molar-refractivity contribution in [2.75, 3.05) is 11.9 Å². The summed E-state index contributed by atoms with van der Waals surface area (Å²) in [4.78, 5) is 22.8. The van der Waals surface area contributed by atoms with Gasteiger partial charge in [0.1, 0.15) is 0 Å². The van der Waals surface area contributed by atoms with Crippen LogP contribution in [0.1, 0.15) is 15.2 Å². The van der Waals surface area contributed by atoms with Gasteiger partial charge in [-0.25, -0.2) is 0 Å². The first kappa shape index (κ1) is 14.7. The molecule has 0 spiro atoms. The molecule has 2 rings (SSSR count). The maximum absolute atomic E-state index is 12.0. The smallest absolute Gasteiger partial charge is 0.269 e. The molecule has 1 heterocycles. The average Bonchev–Trinajstić information content (AvgIpc) is 2.94. The lowest BCUT2D eigenvalue weighted by molar-refractivity contribution is -0.384. The Labute approximate surface area is 124 Å². The summed E-state index contributed by atoms with van der Waals surface area (Å²) in [5.74, 6) is 5.28. The predicted molar refractivity (Wildman–Crippen MR) is 81.3 cm³/mol. The van der Waals surface area contributed by atoms with Gasteiger partial charge in [0.25, 0.3) is 11.6 Å². The summed E-state index contributed by atoms with van der Waals surface area (Å²) in [6.45, 7) is 0.266. The molecular formula is C14H11N3O3S. The van der Waals surface area contributed by atoms with Gasteiger partial charge in [-0.3, -0.25) is 14.9 Å². The number of anilines is 1. The summed E-state index contributed by atoms with van der Waals surface area (Å²) in [5, 5.41) is 14.9. The van der Waals surface area contributed by atoms with Crippen molar-refractivity contribution >= 4 is 28.6 Å². The van der Waals surface area contributed by atoms with Crippen LogP contribution in [0, 0.1) is 22.0 Å². The number of hydrogen-bond donors (Lipinski definition) is 2. The SMILES string of the molecule is NCC#Cc1cc(C(=O)Nc2ccc([N+](=O)[O-])cc2)cs1. The number of carbonyl (C=O) groups is 1. The monoisotopic (exact) mass is 301 g/mol. The van der Waals surface area contributed by atoms with E-state index in [2.05, 4.69) is 17.2 Å². The molecule has 1 aromatic carbocycles. The van der Waals surface area contributed by atoms with Crippen LogP contribution in [-0.4, -0.2) is 17.4 Å². The van der Waals surface area contributed by atoms with Crippen molar-refractivity contribution in [3.63, 3.8) is 0 Å². The number of amides is 1. The molecule has 0 radical (unpaired) electrons. The summed E-state index contributed by atoms with van der Waals surface area (Å²) < 4.78 is 0. The fourth-order valence-corrected chi connectivity index (χ4v) is 2.28. The highest BCUT2D eigenvalue weighted by molar-refractivity contribution is 7.10. The van der Waals surface area contributed by atoms with E-state index in [0.717, 1.165) is 4.88 Å². The van der Waals surface area contributed by atoms with E-state index in [9.17, 15) is 14.9 Å². The van der Waals surface area contributed by atoms with Crippen LogP contribution in [0.15, 0.2) is 35.7 Å². The van der Waals surface area contributed by atoms with Gasteiger partial charge in [0.2, 0.25) is 0 Å². The maximum atomic E-state index is 12.0. The quantitative estimate of drug-likeness (QED) is 0.516. The third-order valence-electron chi connectivity index (χ3n) is 2.51. The van der Waals surface area contributed by atoms with Crippen molar-refractivity contribution in [3.8, 4) is 11.8 Å². The Bertz CT molecular complexity index is 726. The first-order valence-corrected chi connectivity index (χ1v) is 6.81. The number of hydrogen-bond acceptors (Lipinski definition) is 5. The molecular weight excluding hydrogens is 290 g/mol. The van der Waals surface area contributed by atoms with Gasteiger partial charge in [-0.2, -0.15) is 0 Å². The molecule has 0 saturated carbocycles. The first-order valence-electron chi connectivity index (χ1n) is 5.93. The molecule has 0 saturated heterocycles. The highest BCUT2D eigenvalue weighted by Crippen LogP contribution is 2.18. The molecule has 0 unspecified atom stereocenters. The second-order valence-electron chi connectivity index (χ2n) is 3.96. The summed E-state index contributed by atoms with van der Waals surface area (Å²) in [5.41, 5.74) is 6.24. The van der Waals surface area contributed by atoms with Gasteiger partial charge in [-0.05, 0) is 18.2 Å². The largest absolute Gasteiger partial charge is 0.322 e. The fourth-order valence-electron chi connectivity index (χ4n) is 1.53. The Hall–Kier alpha value is -2.69. The molecule has 0 atom stereocenters. The molecule has 0 aliphatic rings. The minimum atomic E-state index is -0.493. The number of nitrogens with one attached hydrogen (secondary N) is 1. The topological polar surface area (TPSA) is 98.3 Å². The van der Waals surface area contributed by atoms with Crippen molar-refractivity contribution in [1.29, 1.82) is 0 Å². The summed E-state index contributed by atoms with van der Waals surface area (Å²) in [6, 6.07) is 7.31. The number of nitro benzene ring substituents is 1. The summed E-state index contributed by atoms with van der Waals surface area (Å²) in [6.07, 6.45) is 0. The predicted octanol–water partition coefficient (Wildman–Crippen LogP) is 2.22. The van der Waals surface area contributed by atoms with Gasteiger partial charge in [0, 0.05) is 23.2 Å². The Morgan fingerprint density at radius 1 is 1.38 bits per heavy atom. The molecule has 2 aromatic rings. The third kappa shape index (κ3) is 3.89. The van der Waals surface area contributed by atoms with E-state index in [1.807, 2.05) is 0 Å².